The summed E-state index contributed by atoms with van der Waals surface area (Å²) in [6, 6.07) is 8.74. The first-order chi connectivity index (χ1) is 13.1. The highest BCUT2D eigenvalue weighted by Crippen LogP contribution is 2.24. The predicted octanol–water partition coefficient (Wildman–Crippen LogP) is 2.39. The van der Waals surface area contributed by atoms with E-state index in [-0.39, 0.29) is 23.3 Å². The number of piperidine rings is 2. The topological polar surface area (TPSA) is 73.5 Å². The van der Waals surface area contributed by atoms with Gasteiger partial charge in [0.2, 0.25) is 11.5 Å². The Kier molecular flexibility index (Phi) is 4.97. The number of nitrogens with one attached hydrogen (secondary N) is 1. The Balaban J connectivity index is 1.46. The van der Waals surface area contributed by atoms with Crippen molar-refractivity contribution in [3.05, 3.63) is 46.2 Å². The summed E-state index contributed by atoms with van der Waals surface area (Å²) in [5.41, 5.74) is 0.839. The maximum Gasteiger partial charge on any atom is 0.254 e. The van der Waals surface area contributed by atoms with E-state index >= 15 is 0 Å². The van der Waals surface area contributed by atoms with Crippen molar-refractivity contribution < 1.29 is 9.59 Å². The number of amides is 2. The molecule has 6 heteroatoms. The lowest BCUT2D eigenvalue weighted by Gasteiger charge is -2.35. The van der Waals surface area contributed by atoms with Gasteiger partial charge in [0.05, 0.1) is 5.56 Å². The molecule has 2 aliphatic rings. The molecule has 0 spiro atoms. The van der Waals surface area contributed by atoms with Gasteiger partial charge in [0.1, 0.15) is 0 Å². The maximum absolute atomic E-state index is 13.0. The lowest BCUT2D eigenvalue weighted by atomic mass is 9.93. The summed E-state index contributed by atoms with van der Waals surface area (Å²) in [4.78, 5) is 44.2. The number of carbonyl (C=O) groups excluding carboxylic acids is 2. The molecule has 2 fully saturated rings. The van der Waals surface area contributed by atoms with Crippen LogP contribution in [0, 0.1) is 5.92 Å². The number of benzene rings is 1. The Labute approximate surface area is 158 Å². The standard InChI is InChI=1S/C21H25N3O3/c25-19-14-17(16-6-2-3-7-18(16)22-19)21(27)24-12-8-15(9-13-24)20(26)23-10-4-1-5-11-23/h2-3,6-7,14-15H,1,4-5,8-13H2,(H,22,25). The molecule has 2 aromatic rings. The fourth-order valence-electron chi connectivity index (χ4n) is 4.25. The van der Waals surface area contributed by atoms with Crippen molar-refractivity contribution in [2.45, 2.75) is 32.1 Å². The van der Waals surface area contributed by atoms with E-state index < -0.39 is 0 Å². The molecule has 27 heavy (non-hydrogen) atoms. The third-order valence-electron chi connectivity index (χ3n) is 5.78. The smallest absolute Gasteiger partial charge is 0.254 e. The van der Waals surface area contributed by atoms with Gasteiger partial charge in [0, 0.05) is 49.1 Å². The Morgan fingerprint density at radius 2 is 1.63 bits per heavy atom. The number of pyridine rings is 1. The number of H-pyrrole nitrogens is 1. The maximum atomic E-state index is 13.0. The van der Waals surface area contributed by atoms with E-state index in [1.54, 1.807) is 11.0 Å². The summed E-state index contributed by atoms with van der Waals surface area (Å²) in [5, 5.41) is 0.758. The van der Waals surface area contributed by atoms with Crippen molar-refractivity contribution in [3.8, 4) is 0 Å². The van der Waals surface area contributed by atoms with Gasteiger partial charge in [0.15, 0.2) is 0 Å². The summed E-state index contributed by atoms with van der Waals surface area (Å²) in [7, 11) is 0. The Morgan fingerprint density at radius 3 is 2.37 bits per heavy atom. The molecule has 1 aromatic carbocycles. The molecular formula is C21H25N3O3. The molecule has 0 bridgehead atoms. The largest absolute Gasteiger partial charge is 0.342 e. The second-order valence-corrected chi connectivity index (χ2v) is 7.55. The number of aromatic amines is 1. The molecule has 0 aliphatic carbocycles. The van der Waals surface area contributed by atoms with Gasteiger partial charge in [-0.05, 0) is 38.2 Å². The number of para-hydroxylation sites is 1. The van der Waals surface area contributed by atoms with E-state index in [2.05, 4.69) is 4.98 Å². The Morgan fingerprint density at radius 1 is 0.926 bits per heavy atom. The van der Waals surface area contributed by atoms with Gasteiger partial charge in [-0.3, -0.25) is 14.4 Å². The average molecular weight is 367 g/mol. The van der Waals surface area contributed by atoms with Crippen LogP contribution in [0.2, 0.25) is 0 Å². The van der Waals surface area contributed by atoms with Crippen LogP contribution < -0.4 is 5.56 Å². The molecule has 1 N–H and O–H groups in total. The van der Waals surface area contributed by atoms with Gasteiger partial charge in [-0.15, -0.1) is 0 Å². The summed E-state index contributed by atoms with van der Waals surface area (Å²) >= 11 is 0. The number of carbonyl (C=O) groups is 2. The van der Waals surface area contributed by atoms with E-state index in [9.17, 15) is 14.4 Å². The molecule has 2 amide bonds. The van der Waals surface area contributed by atoms with Crippen molar-refractivity contribution in [2.75, 3.05) is 26.2 Å². The van der Waals surface area contributed by atoms with E-state index in [1.807, 2.05) is 23.1 Å². The first-order valence-corrected chi connectivity index (χ1v) is 9.83. The third-order valence-corrected chi connectivity index (χ3v) is 5.78. The SMILES string of the molecule is O=C(c1cc(=O)[nH]c2ccccc12)N1CCC(C(=O)N2CCCCC2)CC1. The molecule has 0 unspecified atom stereocenters. The number of likely N-dealkylation sites (tertiary alicyclic amines) is 2. The van der Waals surface area contributed by atoms with Crippen molar-refractivity contribution in [2.24, 2.45) is 5.92 Å². The van der Waals surface area contributed by atoms with Gasteiger partial charge in [-0.2, -0.15) is 0 Å². The zero-order chi connectivity index (χ0) is 18.8. The quantitative estimate of drug-likeness (QED) is 0.886. The number of fused-ring (bicyclic) bond motifs is 1. The fraction of sp³-hybridized carbons (Fsp3) is 0.476. The number of aromatic nitrogens is 1. The Bertz CT molecular complexity index is 906. The average Bonchev–Trinajstić information content (AvgIpc) is 2.73. The van der Waals surface area contributed by atoms with Crippen molar-refractivity contribution >= 4 is 22.7 Å². The van der Waals surface area contributed by atoms with Gasteiger partial charge < -0.3 is 14.8 Å². The minimum Gasteiger partial charge on any atom is -0.342 e. The van der Waals surface area contributed by atoms with Crippen LogP contribution in [0.3, 0.4) is 0 Å². The van der Waals surface area contributed by atoms with Crippen LogP contribution in [0.15, 0.2) is 35.1 Å². The summed E-state index contributed by atoms with van der Waals surface area (Å²) in [5.74, 6) is 0.146. The van der Waals surface area contributed by atoms with Gasteiger partial charge in [0.25, 0.3) is 5.91 Å². The lowest BCUT2D eigenvalue weighted by Crippen LogP contribution is -2.45. The summed E-state index contributed by atoms with van der Waals surface area (Å²) in [6.45, 7) is 2.86. The van der Waals surface area contributed by atoms with Crippen molar-refractivity contribution in [3.63, 3.8) is 0 Å². The van der Waals surface area contributed by atoms with Crippen LogP contribution in [-0.2, 0) is 4.79 Å². The number of hydrogen-bond acceptors (Lipinski definition) is 3. The van der Waals surface area contributed by atoms with Crippen molar-refractivity contribution in [1.82, 2.24) is 14.8 Å². The van der Waals surface area contributed by atoms with Crippen LogP contribution in [0.5, 0.6) is 0 Å². The number of nitrogens with zero attached hydrogens (tertiary/aromatic N) is 2. The second kappa shape index (κ2) is 7.55. The normalized spacial score (nSPS) is 18.7. The zero-order valence-electron chi connectivity index (χ0n) is 15.4. The minimum atomic E-state index is -0.271. The molecule has 4 rings (SSSR count). The van der Waals surface area contributed by atoms with Crippen LogP contribution in [0.1, 0.15) is 42.5 Å². The zero-order valence-corrected chi connectivity index (χ0v) is 15.4. The number of hydrogen-bond donors (Lipinski definition) is 1. The summed E-state index contributed by atoms with van der Waals surface area (Å²) < 4.78 is 0. The molecule has 0 saturated carbocycles. The van der Waals surface area contributed by atoms with E-state index in [0.717, 1.165) is 31.3 Å². The first kappa shape index (κ1) is 17.8. The monoisotopic (exact) mass is 367 g/mol. The predicted molar refractivity (Wildman–Crippen MR) is 104 cm³/mol. The highest BCUT2D eigenvalue weighted by molar-refractivity contribution is 6.06. The van der Waals surface area contributed by atoms with Crippen LogP contribution in [0.25, 0.3) is 10.9 Å². The highest BCUT2D eigenvalue weighted by atomic mass is 16.2. The minimum absolute atomic E-state index is 0.0167. The van der Waals surface area contributed by atoms with Gasteiger partial charge in [-0.25, -0.2) is 0 Å². The van der Waals surface area contributed by atoms with Crippen molar-refractivity contribution in [1.29, 1.82) is 0 Å². The highest BCUT2D eigenvalue weighted by Gasteiger charge is 2.31. The molecule has 1 aromatic heterocycles. The molecule has 142 valence electrons. The lowest BCUT2D eigenvalue weighted by molar-refractivity contribution is -0.137. The van der Waals surface area contributed by atoms with E-state index in [0.29, 0.717) is 37.0 Å². The van der Waals surface area contributed by atoms with E-state index in [1.165, 1.54) is 12.5 Å². The van der Waals surface area contributed by atoms with Gasteiger partial charge >= 0.3 is 0 Å². The summed E-state index contributed by atoms with van der Waals surface area (Å²) in [6.07, 6.45) is 4.79. The van der Waals surface area contributed by atoms with E-state index in [4.69, 9.17) is 0 Å². The number of rotatable bonds is 2. The van der Waals surface area contributed by atoms with Crippen LogP contribution in [-0.4, -0.2) is 52.8 Å². The molecule has 2 aliphatic heterocycles. The Hall–Kier alpha value is -2.63. The van der Waals surface area contributed by atoms with Crippen LogP contribution in [0.4, 0.5) is 0 Å². The fourth-order valence-corrected chi connectivity index (χ4v) is 4.25. The van der Waals surface area contributed by atoms with Crippen LogP contribution >= 0.6 is 0 Å². The third kappa shape index (κ3) is 3.61. The second-order valence-electron chi connectivity index (χ2n) is 7.55. The van der Waals surface area contributed by atoms with Gasteiger partial charge in [-0.1, -0.05) is 18.2 Å². The molecule has 6 nitrogen and oxygen atoms in total. The molecule has 3 heterocycles. The molecular weight excluding hydrogens is 342 g/mol. The molecule has 0 radical (unpaired) electrons. The molecule has 0 atom stereocenters. The first-order valence-electron chi connectivity index (χ1n) is 9.83. The molecule has 2 saturated heterocycles.